The van der Waals surface area contributed by atoms with Gasteiger partial charge in [-0.15, -0.1) is 0 Å². The Bertz CT molecular complexity index is 660. The van der Waals surface area contributed by atoms with Crippen molar-refractivity contribution in [1.29, 1.82) is 0 Å². The molecule has 0 unspecified atom stereocenters. The highest BCUT2D eigenvalue weighted by Crippen LogP contribution is 2.15. The third kappa shape index (κ3) is 3.09. The molecule has 0 radical (unpaired) electrons. The van der Waals surface area contributed by atoms with Crippen LogP contribution in [0.4, 0.5) is 5.69 Å². The maximum absolute atomic E-state index is 12.1. The molecule has 2 aromatic carbocycles. The number of hydrogen-bond donors (Lipinski definition) is 0. The zero-order valence-electron chi connectivity index (χ0n) is 11.4. The Balaban J connectivity index is 2.15. The van der Waals surface area contributed by atoms with Crippen LogP contribution >= 0.6 is 0 Å². The molecule has 0 N–H and O–H groups in total. The fraction of sp³-hybridized carbons (Fsp3) is 0.188. The lowest BCUT2D eigenvalue weighted by Gasteiger charge is -2.05. The molecule has 0 spiro atoms. The Hall–Kier alpha value is -2.49. The van der Waals surface area contributed by atoms with E-state index in [1.807, 2.05) is 32.0 Å². The van der Waals surface area contributed by atoms with Crippen LogP contribution in [-0.2, 0) is 6.42 Å². The molecule has 0 saturated carbocycles. The van der Waals surface area contributed by atoms with Gasteiger partial charge >= 0.3 is 0 Å². The molecule has 0 atom stereocenters. The molecule has 20 heavy (non-hydrogen) atoms. The van der Waals surface area contributed by atoms with Gasteiger partial charge < -0.3 is 0 Å². The van der Waals surface area contributed by atoms with E-state index in [1.165, 1.54) is 29.8 Å². The highest BCUT2D eigenvalue weighted by molar-refractivity contribution is 5.97. The Morgan fingerprint density at radius 1 is 1.05 bits per heavy atom. The van der Waals surface area contributed by atoms with Gasteiger partial charge in [-0.1, -0.05) is 18.2 Å². The topological polar surface area (TPSA) is 60.2 Å². The SMILES string of the molecule is Cc1ccc(CC(=O)c2ccc([N+](=O)[O-])cc2)cc1C. The average molecular weight is 269 g/mol. The molecular weight excluding hydrogens is 254 g/mol. The number of ketones is 1. The summed E-state index contributed by atoms with van der Waals surface area (Å²) in [6.45, 7) is 4.03. The number of benzene rings is 2. The van der Waals surface area contributed by atoms with Crippen molar-refractivity contribution in [2.24, 2.45) is 0 Å². The fourth-order valence-corrected chi connectivity index (χ4v) is 1.97. The lowest BCUT2D eigenvalue weighted by atomic mass is 9.99. The van der Waals surface area contributed by atoms with Gasteiger partial charge in [0.05, 0.1) is 4.92 Å². The van der Waals surface area contributed by atoms with Crippen molar-refractivity contribution in [2.45, 2.75) is 20.3 Å². The van der Waals surface area contributed by atoms with E-state index in [-0.39, 0.29) is 11.5 Å². The monoisotopic (exact) mass is 269 g/mol. The zero-order valence-corrected chi connectivity index (χ0v) is 11.4. The predicted molar refractivity (Wildman–Crippen MR) is 77.0 cm³/mol. The van der Waals surface area contributed by atoms with E-state index in [9.17, 15) is 14.9 Å². The third-order valence-electron chi connectivity index (χ3n) is 3.34. The van der Waals surface area contributed by atoms with Crippen LogP contribution < -0.4 is 0 Å². The van der Waals surface area contributed by atoms with E-state index < -0.39 is 4.92 Å². The Morgan fingerprint density at radius 3 is 2.25 bits per heavy atom. The number of nitrogens with zero attached hydrogens (tertiary/aromatic N) is 1. The van der Waals surface area contributed by atoms with Gasteiger partial charge in [-0.2, -0.15) is 0 Å². The molecule has 0 fully saturated rings. The molecule has 0 aliphatic carbocycles. The van der Waals surface area contributed by atoms with Gasteiger partial charge in [0.2, 0.25) is 0 Å². The number of Topliss-reactive ketones (excluding diaryl/α,β-unsaturated/α-hetero) is 1. The highest BCUT2D eigenvalue weighted by atomic mass is 16.6. The summed E-state index contributed by atoms with van der Waals surface area (Å²) in [6.07, 6.45) is 0.304. The second-order valence-electron chi connectivity index (χ2n) is 4.82. The van der Waals surface area contributed by atoms with Gasteiger partial charge in [0.25, 0.3) is 5.69 Å². The second-order valence-corrected chi connectivity index (χ2v) is 4.82. The largest absolute Gasteiger partial charge is 0.294 e. The summed E-state index contributed by atoms with van der Waals surface area (Å²) in [7, 11) is 0. The van der Waals surface area contributed by atoms with Crippen molar-refractivity contribution in [2.75, 3.05) is 0 Å². The standard InChI is InChI=1S/C16H15NO3/c1-11-3-4-13(9-12(11)2)10-16(18)14-5-7-15(8-6-14)17(19)20/h3-9H,10H2,1-2H3. The molecule has 0 aliphatic rings. The van der Waals surface area contributed by atoms with E-state index in [2.05, 4.69) is 0 Å². The Morgan fingerprint density at radius 2 is 1.70 bits per heavy atom. The number of carbonyl (C=O) groups is 1. The van der Waals surface area contributed by atoms with Crippen LogP contribution in [0.3, 0.4) is 0 Å². The molecular formula is C16H15NO3. The highest BCUT2D eigenvalue weighted by Gasteiger charge is 2.10. The van der Waals surface area contributed by atoms with Crippen molar-refractivity contribution >= 4 is 11.5 Å². The van der Waals surface area contributed by atoms with Crippen LogP contribution in [-0.4, -0.2) is 10.7 Å². The molecule has 4 nitrogen and oxygen atoms in total. The molecule has 0 aromatic heterocycles. The van der Waals surface area contributed by atoms with Gasteiger partial charge in [-0.3, -0.25) is 14.9 Å². The molecule has 0 amide bonds. The predicted octanol–water partition coefficient (Wildman–Crippen LogP) is 3.64. The average Bonchev–Trinajstić information content (AvgIpc) is 2.43. The minimum Gasteiger partial charge on any atom is -0.294 e. The lowest BCUT2D eigenvalue weighted by molar-refractivity contribution is -0.384. The number of non-ortho nitro benzene ring substituents is 1. The first-order valence-electron chi connectivity index (χ1n) is 6.31. The summed E-state index contributed by atoms with van der Waals surface area (Å²) < 4.78 is 0. The molecule has 4 heteroatoms. The summed E-state index contributed by atoms with van der Waals surface area (Å²) >= 11 is 0. The van der Waals surface area contributed by atoms with Crippen molar-refractivity contribution in [3.05, 3.63) is 74.8 Å². The zero-order chi connectivity index (χ0) is 14.7. The third-order valence-corrected chi connectivity index (χ3v) is 3.34. The first kappa shape index (κ1) is 13.9. The Labute approximate surface area is 117 Å². The van der Waals surface area contributed by atoms with Crippen molar-refractivity contribution < 1.29 is 9.72 Å². The van der Waals surface area contributed by atoms with Gasteiger partial charge in [0.15, 0.2) is 5.78 Å². The molecule has 102 valence electrons. The lowest BCUT2D eigenvalue weighted by Crippen LogP contribution is -2.04. The van der Waals surface area contributed by atoms with Crippen LogP contribution in [0.2, 0.25) is 0 Å². The van der Waals surface area contributed by atoms with Crippen molar-refractivity contribution in [1.82, 2.24) is 0 Å². The van der Waals surface area contributed by atoms with Crippen LogP contribution in [0, 0.1) is 24.0 Å². The van der Waals surface area contributed by atoms with Gasteiger partial charge in [-0.05, 0) is 42.7 Å². The minimum absolute atomic E-state index is 0.00673. The maximum Gasteiger partial charge on any atom is 0.269 e. The molecule has 0 aliphatic heterocycles. The first-order chi connectivity index (χ1) is 9.47. The molecule has 0 heterocycles. The van der Waals surface area contributed by atoms with Gasteiger partial charge in [-0.25, -0.2) is 0 Å². The number of aryl methyl sites for hydroxylation is 2. The molecule has 2 rings (SSSR count). The van der Waals surface area contributed by atoms with Crippen LogP contribution in [0.5, 0.6) is 0 Å². The van der Waals surface area contributed by atoms with Crippen LogP contribution in [0.1, 0.15) is 27.0 Å². The molecule has 0 saturated heterocycles. The van der Waals surface area contributed by atoms with Crippen molar-refractivity contribution in [3.63, 3.8) is 0 Å². The first-order valence-corrected chi connectivity index (χ1v) is 6.31. The van der Waals surface area contributed by atoms with Crippen LogP contribution in [0.15, 0.2) is 42.5 Å². The number of carbonyl (C=O) groups excluding carboxylic acids is 1. The maximum atomic E-state index is 12.1. The summed E-state index contributed by atoms with van der Waals surface area (Å²) in [5.74, 6) is -0.0387. The van der Waals surface area contributed by atoms with E-state index in [1.54, 1.807) is 0 Å². The van der Waals surface area contributed by atoms with E-state index >= 15 is 0 Å². The van der Waals surface area contributed by atoms with E-state index in [4.69, 9.17) is 0 Å². The fourth-order valence-electron chi connectivity index (χ4n) is 1.97. The van der Waals surface area contributed by atoms with Gasteiger partial charge in [0, 0.05) is 24.1 Å². The normalized spacial score (nSPS) is 10.3. The number of rotatable bonds is 4. The molecule has 2 aromatic rings. The smallest absolute Gasteiger partial charge is 0.269 e. The minimum atomic E-state index is -0.475. The second kappa shape index (κ2) is 5.65. The Kier molecular flexibility index (Phi) is 3.94. The van der Waals surface area contributed by atoms with Gasteiger partial charge in [0.1, 0.15) is 0 Å². The molecule has 0 bridgehead atoms. The summed E-state index contributed by atoms with van der Waals surface area (Å²) in [6, 6.07) is 11.6. The summed E-state index contributed by atoms with van der Waals surface area (Å²) in [5, 5.41) is 10.6. The van der Waals surface area contributed by atoms with E-state index in [0.717, 1.165) is 11.1 Å². The number of nitro benzene ring substituents is 1. The number of hydrogen-bond acceptors (Lipinski definition) is 3. The number of nitro groups is 1. The summed E-state index contributed by atoms with van der Waals surface area (Å²) in [5.41, 5.74) is 3.79. The van der Waals surface area contributed by atoms with Crippen molar-refractivity contribution in [3.8, 4) is 0 Å². The van der Waals surface area contributed by atoms with E-state index in [0.29, 0.717) is 12.0 Å². The summed E-state index contributed by atoms with van der Waals surface area (Å²) in [4.78, 5) is 22.2. The van der Waals surface area contributed by atoms with Crippen LogP contribution in [0.25, 0.3) is 0 Å². The quantitative estimate of drug-likeness (QED) is 0.483.